The Hall–Kier alpha value is -2.22. The van der Waals surface area contributed by atoms with Crippen LogP contribution in [0.3, 0.4) is 0 Å². The fourth-order valence-electron chi connectivity index (χ4n) is 2.82. The number of carboxylic acid groups (broad SMARTS) is 1. The van der Waals surface area contributed by atoms with Crippen LogP contribution in [0.4, 0.5) is 0 Å². The van der Waals surface area contributed by atoms with Gasteiger partial charge in [0.1, 0.15) is 0 Å². The average molecular weight is 290 g/mol. The number of carbonyl (C=O) groups is 1. The number of rotatable bonds is 5. The zero-order valence-corrected chi connectivity index (χ0v) is 11.6. The number of hydrogen-bond donors (Lipinski definition) is 2. The molecule has 1 aliphatic rings. The molecule has 0 spiro atoms. The maximum atomic E-state index is 11.0. The van der Waals surface area contributed by atoms with E-state index in [0.717, 1.165) is 5.69 Å². The van der Waals surface area contributed by atoms with Crippen LogP contribution in [0.15, 0.2) is 12.3 Å². The summed E-state index contributed by atoms with van der Waals surface area (Å²) < 4.78 is 3.50. The first kappa shape index (κ1) is 13.7. The van der Waals surface area contributed by atoms with E-state index < -0.39 is 5.97 Å². The predicted molar refractivity (Wildman–Crippen MR) is 73.7 cm³/mol. The van der Waals surface area contributed by atoms with Gasteiger partial charge in [0.2, 0.25) is 0 Å². The van der Waals surface area contributed by atoms with Gasteiger partial charge in [-0.05, 0) is 18.9 Å². The lowest BCUT2D eigenvalue weighted by Gasteiger charge is -2.09. The zero-order valence-electron chi connectivity index (χ0n) is 11.6. The molecule has 0 atom stereocenters. The topological polar surface area (TPSA) is 112 Å². The van der Waals surface area contributed by atoms with Crippen molar-refractivity contribution < 1.29 is 9.90 Å². The highest BCUT2D eigenvalue weighted by Gasteiger charge is 2.20. The van der Waals surface area contributed by atoms with E-state index in [1.165, 1.54) is 30.4 Å². The Kier molecular flexibility index (Phi) is 3.70. The second-order valence-electron chi connectivity index (χ2n) is 5.28. The average Bonchev–Trinajstić information content (AvgIpc) is 3.18. The number of aromatic nitrogens is 5. The van der Waals surface area contributed by atoms with E-state index in [4.69, 9.17) is 10.8 Å². The van der Waals surface area contributed by atoms with Crippen molar-refractivity contribution in [1.29, 1.82) is 0 Å². The minimum Gasteiger partial charge on any atom is -0.476 e. The zero-order chi connectivity index (χ0) is 14.8. The Bertz CT molecular complexity index is 641. The largest absolute Gasteiger partial charge is 0.476 e. The molecule has 0 aromatic carbocycles. The Morgan fingerprint density at radius 2 is 2.19 bits per heavy atom. The molecule has 1 saturated carbocycles. The van der Waals surface area contributed by atoms with E-state index in [1.54, 1.807) is 0 Å². The van der Waals surface area contributed by atoms with Crippen LogP contribution in [0.1, 0.15) is 53.6 Å². The lowest BCUT2D eigenvalue weighted by atomic mass is 10.3. The second kappa shape index (κ2) is 5.65. The van der Waals surface area contributed by atoms with E-state index in [0.29, 0.717) is 18.3 Å². The standard InChI is InChI=1S/C13H18N6O2/c14-7-11-12(13(20)21)15-17-19(11)8-9-5-6-18(16-9)10-3-1-2-4-10/h5-6,10H,1-4,7-8,14H2,(H,20,21). The number of hydrogen-bond acceptors (Lipinski definition) is 5. The monoisotopic (exact) mass is 290 g/mol. The molecule has 112 valence electrons. The van der Waals surface area contributed by atoms with Gasteiger partial charge in [-0.15, -0.1) is 5.10 Å². The van der Waals surface area contributed by atoms with E-state index >= 15 is 0 Å². The minimum absolute atomic E-state index is 0.0813. The molecule has 2 aromatic rings. The van der Waals surface area contributed by atoms with Gasteiger partial charge in [0.15, 0.2) is 5.69 Å². The molecule has 8 nitrogen and oxygen atoms in total. The Morgan fingerprint density at radius 3 is 2.86 bits per heavy atom. The van der Waals surface area contributed by atoms with Crippen molar-refractivity contribution in [3.63, 3.8) is 0 Å². The molecule has 21 heavy (non-hydrogen) atoms. The van der Waals surface area contributed by atoms with Gasteiger partial charge < -0.3 is 10.8 Å². The molecule has 8 heteroatoms. The van der Waals surface area contributed by atoms with Gasteiger partial charge in [0, 0.05) is 12.7 Å². The van der Waals surface area contributed by atoms with Gasteiger partial charge in [-0.1, -0.05) is 18.1 Å². The molecule has 1 fully saturated rings. The summed E-state index contributed by atoms with van der Waals surface area (Å²) in [6.07, 6.45) is 6.82. The lowest BCUT2D eigenvalue weighted by Crippen LogP contribution is -2.14. The van der Waals surface area contributed by atoms with Gasteiger partial charge >= 0.3 is 5.97 Å². The molecule has 0 aliphatic heterocycles. The van der Waals surface area contributed by atoms with Crippen LogP contribution in [0.5, 0.6) is 0 Å². The van der Waals surface area contributed by atoms with E-state index in [-0.39, 0.29) is 12.2 Å². The Balaban J connectivity index is 1.79. The molecule has 2 aromatic heterocycles. The molecule has 1 aliphatic carbocycles. The Labute approximate surface area is 121 Å². The molecule has 3 rings (SSSR count). The van der Waals surface area contributed by atoms with Gasteiger partial charge in [-0.3, -0.25) is 4.68 Å². The van der Waals surface area contributed by atoms with Crippen LogP contribution < -0.4 is 5.73 Å². The molecule has 2 heterocycles. The molecule has 0 radical (unpaired) electrons. The van der Waals surface area contributed by atoms with Crippen molar-refractivity contribution in [2.45, 2.75) is 44.8 Å². The quantitative estimate of drug-likeness (QED) is 0.842. The van der Waals surface area contributed by atoms with Crippen LogP contribution in [-0.2, 0) is 13.1 Å². The first-order valence-electron chi connectivity index (χ1n) is 7.09. The summed E-state index contributed by atoms with van der Waals surface area (Å²) in [5, 5.41) is 21.1. The molecule has 0 unspecified atom stereocenters. The predicted octanol–water partition coefficient (Wildman–Crippen LogP) is 0.795. The summed E-state index contributed by atoms with van der Waals surface area (Å²) in [7, 11) is 0. The third-order valence-corrected chi connectivity index (χ3v) is 3.91. The summed E-state index contributed by atoms with van der Waals surface area (Å²) in [5.41, 5.74) is 6.76. The molecule has 0 amide bonds. The van der Waals surface area contributed by atoms with Crippen molar-refractivity contribution in [2.24, 2.45) is 5.73 Å². The Morgan fingerprint density at radius 1 is 1.43 bits per heavy atom. The smallest absolute Gasteiger partial charge is 0.358 e. The van der Waals surface area contributed by atoms with Crippen molar-refractivity contribution in [3.05, 3.63) is 29.3 Å². The highest BCUT2D eigenvalue weighted by molar-refractivity contribution is 5.86. The third kappa shape index (κ3) is 2.66. The van der Waals surface area contributed by atoms with Crippen LogP contribution in [-0.4, -0.2) is 35.9 Å². The lowest BCUT2D eigenvalue weighted by molar-refractivity contribution is 0.0689. The SMILES string of the molecule is NCc1c(C(=O)O)nnn1Cc1ccn(C2CCCC2)n1. The number of nitrogens with zero attached hydrogens (tertiary/aromatic N) is 5. The third-order valence-electron chi connectivity index (χ3n) is 3.91. The molecule has 0 saturated heterocycles. The van der Waals surface area contributed by atoms with Crippen LogP contribution in [0.25, 0.3) is 0 Å². The van der Waals surface area contributed by atoms with Gasteiger partial charge in [-0.25, -0.2) is 9.48 Å². The summed E-state index contributed by atoms with van der Waals surface area (Å²) in [6, 6.07) is 2.42. The van der Waals surface area contributed by atoms with E-state index in [9.17, 15) is 4.79 Å². The van der Waals surface area contributed by atoms with Crippen LogP contribution >= 0.6 is 0 Å². The van der Waals surface area contributed by atoms with Crippen molar-refractivity contribution in [2.75, 3.05) is 0 Å². The van der Waals surface area contributed by atoms with Gasteiger partial charge in [0.25, 0.3) is 0 Å². The maximum absolute atomic E-state index is 11.0. The fraction of sp³-hybridized carbons (Fsp3) is 0.538. The first-order valence-corrected chi connectivity index (χ1v) is 7.09. The first-order chi connectivity index (χ1) is 10.2. The van der Waals surface area contributed by atoms with Gasteiger partial charge in [0.05, 0.1) is 24.0 Å². The fourth-order valence-corrected chi connectivity index (χ4v) is 2.82. The van der Waals surface area contributed by atoms with Crippen molar-refractivity contribution in [3.8, 4) is 0 Å². The molecular weight excluding hydrogens is 272 g/mol. The van der Waals surface area contributed by atoms with E-state index in [2.05, 4.69) is 15.4 Å². The van der Waals surface area contributed by atoms with E-state index in [1.807, 2.05) is 16.9 Å². The van der Waals surface area contributed by atoms with Crippen molar-refractivity contribution >= 4 is 5.97 Å². The summed E-state index contributed by atoms with van der Waals surface area (Å²) >= 11 is 0. The number of carboxylic acids is 1. The summed E-state index contributed by atoms with van der Waals surface area (Å²) in [4.78, 5) is 11.0. The molecular formula is C13H18N6O2. The summed E-state index contributed by atoms with van der Waals surface area (Å²) in [6.45, 7) is 0.463. The maximum Gasteiger partial charge on any atom is 0.358 e. The molecule has 0 bridgehead atoms. The number of nitrogens with two attached hydrogens (primary N) is 1. The normalized spacial score (nSPS) is 15.7. The highest BCUT2D eigenvalue weighted by atomic mass is 16.4. The highest BCUT2D eigenvalue weighted by Crippen LogP contribution is 2.28. The van der Waals surface area contributed by atoms with Crippen molar-refractivity contribution in [1.82, 2.24) is 24.8 Å². The second-order valence-corrected chi connectivity index (χ2v) is 5.28. The van der Waals surface area contributed by atoms with Crippen LogP contribution in [0, 0.1) is 0 Å². The summed E-state index contributed by atoms with van der Waals surface area (Å²) in [5.74, 6) is -1.11. The van der Waals surface area contributed by atoms with Gasteiger partial charge in [-0.2, -0.15) is 5.10 Å². The van der Waals surface area contributed by atoms with Crippen LogP contribution in [0.2, 0.25) is 0 Å². The number of aromatic carboxylic acids is 1. The minimum atomic E-state index is -1.11. The molecule has 3 N–H and O–H groups in total.